The topological polar surface area (TPSA) is 60.5 Å². The zero-order valence-corrected chi connectivity index (χ0v) is 15.0. The van der Waals surface area contributed by atoms with Gasteiger partial charge in [0.05, 0.1) is 25.6 Å². The number of rotatable bonds is 6. The molecule has 27 heavy (non-hydrogen) atoms. The standard InChI is InChI=1S/C21H19FN2O3/c1-26-16-10-11-19(27-2)18(13-16)24-21(25)20(17-5-3-4-12-23-17)14-6-8-15(22)9-7-14/h3-13,20H,1-2H3,(H,24,25). The van der Waals surface area contributed by atoms with Gasteiger partial charge in [-0.1, -0.05) is 18.2 Å². The van der Waals surface area contributed by atoms with E-state index < -0.39 is 5.92 Å². The fourth-order valence-corrected chi connectivity index (χ4v) is 2.78. The molecule has 1 atom stereocenters. The van der Waals surface area contributed by atoms with E-state index in [-0.39, 0.29) is 11.7 Å². The van der Waals surface area contributed by atoms with Crippen molar-refractivity contribution in [1.82, 2.24) is 4.98 Å². The molecule has 0 spiro atoms. The van der Waals surface area contributed by atoms with Crippen molar-refractivity contribution < 1.29 is 18.7 Å². The third-order valence-electron chi connectivity index (χ3n) is 4.11. The summed E-state index contributed by atoms with van der Waals surface area (Å²) >= 11 is 0. The highest BCUT2D eigenvalue weighted by Gasteiger charge is 2.25. The quantitative estimate of drug-likeness (QED) is 0.716. The molecule has 0 saturated heterocycles. The maximum atomic E-state index is 13.3. The summed E-state index contributed by atoms with van der Waals surface area (Å²) in [4.78, 5) is 17.4. The molecule has 1 N–H and O–H groups in total. The molecule has 138 valence electrons. The van der Waals surface area contributed by atoms with Gasteiger partial charge in [-0.05, 0) is 42.0 Å². The number of benzene rings is 2. The van der Waals surface area contributed by atoms with Crippen LogP contribution in [0.25, 0.3) is 0 Å². The molecule has 0 aliphatic rings. The summed E-state index contributed by atoms with van der Waals surface area (Å²) in [6.45, 7) is 0. The molecular weight excluding hydrogens is 347 g/mol. The first-order chi connectivity index (χ1) is 13.1. The molecule has 1 heterocycles. The second kappa shape index (κ2) is 8.31. The molecule has 0 bridgehead atoms. The van der Waals surface area contributed by atoms with Crippen LogP contribution in [0.4, 0.5) is 10.1 Å². The van der Waals surface area contributed by atoms with Crippen LogP contribution >= 0.6 is 0 Å². The van der Waals surface area contributed by atoms with Crippen LogP contribution in [0, 0.1) is 5.82 Å². The molecular formula is C21H19FN2O3. The SMILES string of the molecule is COc1ccc(OC)c(NC(=O)C(c2ccc(F)cc2)c2ccccn2)c1. The summed E-state index contributed by atoms with van der Waals surface area (Å²) in [6, 6.07) is 16.3. The minimum atomic E-state index is -0.706. The number of methoxy groups -OCH3 is 2. The van der Waals surface area contributed by atoms with Gasteiger partial charge < -0.3 is 14.8 Å². The summed E-state index contributed by atoms with van der Waals surface area (Å²) in [5.41, 5.74) is 1.67. The summed E-state index contributed by atoms with van der Waals surface area (Å²) in [5, 5.41) is 2.87. The molecule has 3 aromatic rings. The number of aromatic nitrogens is 1. The predicted molar refractivity (Wildman–Crippen MR) is 101 cm³/mol. The Balaban J connectivity index is 1.98. The average molecular weight is 366 g/mol. The van der Waals surface area contributed by atoms with Gasteiger partial charge >= 0.3 is 0 Å². The maximum absolute atomic E-state index is 13.3. The van der Waals surface area contributed by atoms with Crippen molar-refractivity contribution >= 4 is 11.6 Å². The normalized spacial score (nSPS) is 11.5. The number of halogens is 1. The number of amides is 1. The van der Waals surface area contributed by atoms with Gasteiger partial charge in [-0.15, -0.1) is 0 Å². The van der Waals surface area contributed by atoms with Crippen molar-refractivity contribution in [3.05, 3.63) is 83.9 Å². The zero-order valence-electron chi connectivity index (χ0n) is 15.0. The smallest absolute Gasteiger partial charge is 0.238 e. The summed E-state index contributed by atoms with van der Waals surface area (Å²) in [6.07, 6.45) is 1.62. The molecule has 1 aromatic heterocycles. The van der Waals surface area contributed by atoms with Crippen molar-refractivity contribution in [3.8, 4) is 11.5 Å². The van der Waals surface area contributed by atoms with Gasteiger partial charge in [-0.2, -0.15) is 0 Å². The third-order valence-corrected chi connectivity index (χ3v) is 4.11. The van der Waals surface area contributed by atoms with Gasteiger partial charge in [0.15, 0.2) is 0 Å². The lowest BCUT2D eigenvalue weighted by atomic mass is 9.94. The largest absolute Gasteiger partial charge is 0.497 e. The zero-order chi connectivity index (χ0) is 19.2. The van der Waals surface area contributed by atoms with Crippen LogP contribution in [0.15, 0.2) is 66.9 Å². The van der Waals surface area contributed by atoms with Crippen molar-refractivity contribution in [2.45, 2.75) is 5.92 Å². The lowest BCUT2D eigenvalue weighted by molar-refractivity contribution is -0.116. The highest BCUT2D eigenvalue weighted by Crippen LogP contribution is 2.31. The number of anilines is 1. The van der Waals surface area contributed by atoms with Crippen molar-refractivity contribution in [2.24, 2.45) is 0 Å². The van der Waals surface area contributed by atoms with E-state index in [1.165, 1.54) is 19.2 Å². The third kappa shape index (κ3) is 4.23. The van der Waals surface area contributed by atoms with Crippen LogP contribution in [-0.4, -0.2) is 25.1 Å². The Hall–Kier alpha value is -3.41. The fraction of sp³-hybridized carbons (Fsp3) is 0.143. The van der Waals surface area contributed by atoms with Crippen LogP contribution < -0.4 is 14.8 Å². The van der Waals surface area contributed by atoms with Gasteiger partial charge in [-0.3, -0.25) is 9.78 Å². The van der Waals surface area contributed by atoms with E-state index in [1.54, 1.807) is 61.8 Å². The molecule has 3 rings (SSSR count). The van der Waals surface area contributed by atoms with E-state index >= 15 is 0 Å². The number of carbonyl (C=O) groups excluding carboxylic acids is 1. The fourth-order valence-electron chi connectivity index (χ4n) is 2.78. The first-order valence-electron chi connectivity index (χ1n) is 8.31. The minimum Gasteiger partial charge on any atom is -0.497 e. The Bertz CT molecular complexity index is 914. The maximum Gasteiger partial charge on any atom is 0.238 e. The Morgan fingerprint density at radius 3 is 2.44 bits per heavy atom. The molecule has 1 unspecified atom stereocenters. The van der Waals surface area contributed by atoms with E-state index in [2.05, 4.69) is 10.3 Å². The van der Waals surface area contributed by atoms with E-state index in [0.29, 0.717) is 28.4 Å². The second-order valence-electron chi connectivity index (χ2n) is 5.79. The lowest BCUT2D eigenvalue weighted by Crippen LogP contribution is -2.23. The molecule has 0 fully saturated rings. The van der Waals surface area contributed by atoms with Crippen molar-refractivity contribution in [1.29, 1.82) is 0 Å². The Labute approximate surface area is 156 Å². The first kappa shape index (κ1) is 18.4. The van der Waals surface area contributed by atoms with Crippen LogP contribution in [0.2, 0.25) is 0 Å². The van der Waals surface area contributed by atoms with Crippen molar-refractivity contribution in [3.63, 3.8) is 0 Å². The van der Waals surface area contributed by atoms with Crippen LogP contribution in [0.1, 0.15) is 17.2 Å². The van der Waals surface area contributed by atoms with Gasteiger partial charge in [0.1, 0.15) is 23.2 Å². The number of ether oxygens (including phenoxy) is 2. The van der Waals surface area contributed by atoms with Gasteiger partial charge in [0.2, 0.25) is 5.91 Å². The molecule has 5 nitrogen and oxygen atoms in total. The summed E-state index contributed by atoms with van der Waals surface area (Å²) in [7, 11) is 3.07. The first-order valence-corrected chi connectivity index (χ1v) is 8.31. The molecule has 2 aromatic carbocycles. The number of pyridine rings is 1. The van der Waals surface area contributed by atoms with E-state index in [4.69, 9.17) is 9.47 Å². The predicted octanol–water partition coefficient (Wildman–Crippen LogP) is 4.01. The number of hydrogen-bond donors (Lipinski definition) is 1. The highest BCUT2D eigenvalue weighted by atomic mass is 19.1. The monoisotopic (exact) mass is 366 g/mol. The Morgan fingerprint density at radius 2 is 1.81 bits per heavy atom. The molecule has 0 radical (unpaired) electrons. The second-order valence-corrected chi connectivity index (χ2v) is 5.79. The Morgan fingerprint density at radius 1 is 1.04 bits per heavy atom. The average Bonchev–Trinajstić information content (AvgIpc) is 2.70. The van der Waals surface area contributed by atoms with Gasteiger partial charge in [0, 0.05) is 12.3 Å². The molecule has 0 saturated carbocycles. The molecule has 0 aliphatic heterocycles. The van der Waals surface area contributed by atoms with Gasteiger partial charge in [0.25, 0.3) is 0 Å². The number of hydrogen-bond acceptors (Lipinski definition) is 4. The Kier molecular flexibility index (Phi) is 5.66. The number of carbonyl (C=O) groups is 1. The van der Waals surface area contributed by atoms with Crippen LogP contribution in [0.5, 0.6) is 11.5 Å². The number of nitrogens with one attached hydrogen (secondary N) is 1. The molecule has 1 amide bonds. The number of nitrogens with zero attached hydrogens (tertiary/aromatic N) is 1. The van der Waals surface area contributed by atoms with E-state index in [0.717, 1.165) is 0 Å². The summed E-state index contributed by atoms with van der Waals surface area (Å²) in [5.74, 6) is -0.298. The molecule has 0 aliphatic carbocycles. The minimum absolute atomic E-state index is 0.313. The molecule has 6 heteroatoms. The van der Waals surface area contributed by atoms with E-state index in [9.17, 15) is 9.18 Å². The summed E-state index contributed by atoms with van der Waals surface area (Å²) < 4.78 is 23.9. The van der Waals surface area contributed by atoms with E-state index in [1.807, 2.05) is 0 Å². The highest BCUT2D eigenvalue weighted by molar-refractivity contribution is 5.99. The van der Waals surface area contributed by atoms with Crippen LogP contribution in [0.3, 0.4) is 0 Å². The van der Waals surface area contributed by atoms with Gasteiger partial charge in [-0.25, -0.2) is 4.39 Å². The lowest BCUT2D eigenvalue weighted by Gasteiger charge is -2.18. The van der Waals surface area contributed by atoms with Crippen molar-refractivity contribution in [2.75, 3.05) is 19.5 Å². The van der Waals surface area contributed by atoms with Crippen LogP contribution in [-0.2, 0) is 4.79 Å².